The van der Waals surface area contributed by atoms with E-state index in [0.29, 0.717) is 17.8 Å². The zero-order chi connectivity index (χ0) is 31.7. The molecule has 0 saturated heterocycles. The zero-order valence-corrected chi connectivity index (χ0v) is 29.5. The Balaban J connectivity index is 1.63. The first kappa shape index (κ1) is 35.8. The molecule has 0 fully saturated rings. The highest BCUT2D eigenvalue weighted by Gasteiger charge is 2.45. The van der Waals surface area contributed by atoms with Gasteiger partial charge in [0.1, 0.15) is 7.85 Å². The van der Waals surface area contributed by atoms with Crippen LogP contribution in [0.4, 0.5) is 0 Å². The second-order valence-corrected chi connectivity index (χ2v) is 14.7. The molecule has 0 amide bonds. The minimum atomic E-state index is 0.205. The molecule has 2 radical (unpaired) electrons. The fraction of sp³-hybridized carbons (Fsp3) is 0.636. The Morgan fingerprint density at radius 1 is 0.800 bits per heavy atom. The van der Waals surface area contributed by atoms with Gasteiger partial charge in [0.15, 0.2) is 0 Å². The smallest absolute Gasteiger partial charge is 0.107 e. The Kier molecular flexibility index (Phi) is 15.6. The van der Waals surface area contributed by atoms with E-state index in [2.05, 4.69) is 87.6 Å². The fourth-order valence-corrected chi connectivity index (χ4v) is 8.75. The summed E-state index contributed by atoms with van der Waals surface area (Å²) in [6.07, 6.45) is 54.3. The third-order valence-electron chi connectivity index (χ3n) is 11.3. The molecule has 244 valence electrons. The van der Waals surface area contributed by atoms with Crippen LogP contribution in [0.5, 0.6) is 0 Å². The SMILES string of the molecule is [B]C1=CC2=C(CC1)C(/C=C\C)CC(/C=C/C1=CCCC3C=CC=CC3=C1)C2(CCCCCCCC)CCCCCCCCCC. The second-order valence-electron chi connectivity index (χ2n) is 14.7. The van der Waals surface area contributed by atoms with Crippen LogP contribution in [0.25, 0.3) is 0 Å². The molecule has 0 aromatic rings. The summed E-state index contributed by atoms with van der Waals surface area (Å²) in [5, 5.41) is 0. The van der Waals surface area contributed by atoms with Crippen molar-refractivity contribution < 1.29 is 0 Å². The van der Waals surface area contributed by atoms with E-state index < -0.39 is 0 Å². The lowest BCUT2D eigenvalue weighted by Crippen LogP contribution is -2.39. The zero-order valence-electron chi connectivity index (χ0n) is 29.5. The maximum Gasteiger partial charge on any atom is 0.107 e. The summed E-state index contributed by atoms with van der Waals surface area (Å²) >= 11 is 0. The number of fused-ring (bicyclic) bond motifs is 1. The number of allylic oxidation sites excluding steroid dienone is 16. The van der Waals surface area contributed by atoms with Crippen molar-refractivity contribution in [3.63, 3.8) is 0 Å². The maximum atomic E-state index is 6.70. The van der Waals surface area contributed by atoms with Crippen LogP contribution in [-0.2, 0) is 0 Å². The minimum Gasteiger partial charge on any atom is -0.117 e. The third kappa shape index (κ3) is 10.5. The lowest BCUT2D eigenvalue weighted by molar-refractivity contribution is 0.166. The van der Waals surface area contributed by atoms with Gasteiger partial charge in [0.05, 0.1) is 0 Å². The summed E-state index contributed by atoms with van der Waals surface area (Å²) < 4.78 is 0. The highest BCUT2D eigenvalue weighted by Crippen LogP contribution is 2.57. The van der Waals surface area contributed by atoms with E-state index in [4.69, 9.17) is 7.85 Å². The molecule has 0 spiro atoms. The summed E-state index contributed by atoms with van der Waals surface area (Å²) in [6, 6.07) is 0. The van der Waals surface area contributed by atoms with Crippen LogP contribution in [0.3, 0.4) is 0 Å². The van der Waals surface area contributed by atoms with Gasteiger partial charge in [0.2, 0.25) is 0 Å². The molecule has 4 aliphatic rings. The van der Waals surface area contributed by atoms with E-state index in [9.17, 15) is 0 Å². The van der Waals surface area contributed by atoms with Crippen molar-refractivity contribution in [3.05, 3.63) is 94.6 Å². The normalized spacial score (nSPS) is 26.6. The van der Waals surface area contributed by atoms with Crippen molar-refractivity contribution in [2.45, 2.75) is 156 Å². The summed E-state index contributed by atoms with van der Waals surface area (Å²) in [5.74, 6) is 1.65. The lowest BCUT2D eigenvalue weighted by atomic mass is 9.54. The summed E-state index contributed by atoms with van der Waals surface area (Å²) in [7, 11) is 6.70. The minimum absolute atomic E-state index is 0.205. The van der Waals surface area contributed by atoms with Crippen molar-refractivity contribution in [2.75, 3.05) is 0 Å². The predicted molar refractivity (Wildman–Crippen MR) is 200 cm³/mol. The molecule has 0 heterocycles. The largest absolute Gasteiger partial charge is 0.117 e. The molecule has 45 heavy (non-hydrogen) atoms. The molecule has 0 bridgehead atoms. The predicted octanol–water partition coefficient (Wildman–Crippen LogP) is 13.6. The van der Waals surface area contributed by atoms with Gasteiger partial charge in [0.25, 0.3) is 0 Å². The third-order valence-corrected chi connectivity index (χ3v) is 11.3. The average molecular weight is 605 g/mol. The lowest BCUT2D eigenvalue weighted by Gasteiger charge is -2.50. The molecule has 4 unspecified atom stereocenters. The quantitative estimate of drug-likeness (QED) is 0.0782. The van der Waals surface area contributed by atoms with Crippen LogP contribution in [-0.4, -0.2) is 7.85 Å². The monoisotopic (exact) mass is 605 g/mol. The van der Waals surface area contributed by atoms with Gasteiger partial charge in [-0.2, -0.15) is 0 Å². The highest BCUT2D eigenvalue weighted by molar-refractivity contribution is 6.22. The van der Waals surface area contributed by atoms with Crippen LogP contribution >= 0.6 is 0 Å². The van der Waals surface area contributed by atoms with Crippen molar-refractivity contribution in [1.29, 1.82) is 0 Å². The molecular formula is C44H65B. The summed E-state index contributed by atoms with van der Waals surface area (Å²) in [4.78, 5) is 0. The Hall–Kier alpha value is -2.02. The van der Waals surface area contributed by atoms with E-state index in [1.165, 1.54) is 127 Å². The fourth-order valence-electron chi connectivity index (χ4n) is 8.75. The molecule has 0 aromatic carbocycles. The van der Waals surface area contributed by atoms with E-state index in [1.54, 1.807) is 11.1 Å². The van der Waals surface area contributed by atoms with Gasteiger partial charge in [-0.15, -0.1) is 5.47 Å². The van der Waals surface area contributed by atoms with Crippen molar-refractivity contribution in [3.8, 4) is 0 Å². The van der Waals surface area contributed by atoms with Crippen molar-refractivity contribution in [1.82, 2.24) is 0 Å². The Morgan fingerprint density at radius 2 is 1.47 bits per heavy atom. The van der Waals surface area contributed by atoms with Crippen LogP contribution < -0.4 is 0 Å². The van der Waals surface area contributed by atoms with Crippen molar-refractivity contribution in [2.24, 2.45) is 23.2 Å². The van der Waals surface area contributed by atoms with E-state index >= 15 is 0 Å². The van der Waals surface area contributed by atoms with Crippen molar-refractivity contribution >= 4 is 7.85 Å². The molecule has 4 rings (SSSR count). The number of hydrogen-bond acceptors (Lipinski definition) is 0. The van der Waals surface area contributed by atoms with Crippen LogP contribution in [0, 0.1) is 23.2 Å². The number of hydrogen-bond donors (Lipinski definition) is 0. The number of unbranched alkanes of at least 4 members (excludes halogenated alkanes) is 12. The molecule has 0 aromatic heterocycles. The van der Waals surface area contributed by atoms with Crippen LogP contribution in [0.15, 0.2) is 94.6 Å². The first-order valence-electron chi connectivity index (χ1n) is 19.4. The van der Waals surface area contributed by atoms with E-state index in [-0.39, 0.29) is 5.41 Å². The standard InChI is InChI=1S/C44H65B/c1-4-7-9-11-13-14-16-20-32-44(31-19-15-12-10-8-5-2)40(34-39(22-6-3)42-30-29-41(45)35-43(42)44)28-27-36-23-21-26-37-24-17-18-25-38(37)33-36/h6,17-18,22-25,27-28,33,35,37,39-40H,4-5,7-16,19-21,26,29-32,34H2,1-3H3/b22-6-,28-27+. The number of rotatable bonds is 19. The topological polar surface area (TPSA) is 0 Å². The highest BCUT2D eigenvalue weighted by atomic mass is 14.5. The molecule has 0 saturated carbocycles. The second kappa shape index (κ2) is 19.6. The molecule has 1 heteroatoms. The molecule has 4 atom stereocenters. The average Bonchev–Trinajstić information content (AvgIpc) is 3.26. The summed E-state index contributed by atoms with van der Waals surface area (Å²) in [6.45, 7) is 6.86. The van der Waals surface area contributed by atoms with Crippen LogP contribution in [0.1, 0.15) is 156 Å². The van der Waals surface area contributed by atoms with Gasteiger partial charge < -0.3 is 0 Å². The Labute approximate surface area is 280 Å². The molecule has 0 N–H and O–H groups in total. The van der Waals surface area contributed by atoms with Crippen LogP contribution in [0.2, 0.25) is 0 Å². The van der Waals surface area contributed by atoms with Gasteiger partial charge in [-0.3, -0.25) is 0 Å². The van der Waals surface area contributed by atoms with Gasteiger partial charge in [-0.1, -0.05) is 176 Å². The first-order valence-corrected chi connectivity index (χ1v) is 19.4. The molecule has 0 aliphatic heterocycles. The molecule has 4 aliphatic carbocycles. The molecule has 0 nitrogen and oxygen atoms in total. The van der Waals surface area contributed by atoms with Gasteiger partial charge in [0, 0.05) is 11.3 Å². The first-order chi connectivity index (χ1) is 22.1. The van der Waals surface area contributed by atoms with Gasteiger partial charge in [-0.25, -0.2) is 0 Å². The molecular weight excluding hydrogens is 539 g/mol. The Morgan fingerprint density at radius 3 is 2.13 bits per heavy atom. The summed E-state index contributed by atoms with van der Waals surface area (Å²) in [5.41, 5.74) is 7.58. The van der Waals surface area contributed by atoms with Gasteiger partial charge in [-0.05, 0) is 80.4 Å². The Bertz CT molecular complexity index is 1150. The van der Waals surface area contributed by atoms with E-state index in [1.807, 2.05) is 0 Å². The van der Waals surface area contributed by atoms with Gasteiger partial charge >= 0.3 is 0 Å². The maximum absolute atomic E-state index is 6.70. The van der Waals surface area contributed by atoms with E-state index in [0.717, 1.165) is 24.7 Å².